The molecule has 0 saturated heterocycles. The summed E-state index contributed by atoms with van der Waals surface area (Å²) in [5, 5.41) is 4.68. The van der Waals surface area contributed by atoms with E-state index in [0.29, 0.717) is 41.0 Å². The van der Waals surface area contributed by atoms with Crippen LogP contribution in [0.3, 0.4) is 0 Å². The molecule has 1 N–H and O–H groups in total. The van der Waals surface area contributed by atoms with Gasteiger partial charge in [0, 0.05) is 5.02 Å². The van der Waals surface area contributed by atoms with E-state index in [2.05, 4.69) is 10.5 Å². The van der Waals surface area contributed by atoms with E-state index in [0.717, 1.165) is 21.0 Å². The second-order valence-corrected chi connectivity index (χ2v) is 12.1. The molecule has 4 rings (SSSR count). The normalized spacial score (nSPS) is 11.3. The van der Waals surface area contributed by atoms with Crippen molar-refractivity contribution in [3.05, 3.63) is 112 Å². The summed E-state index contributed by atoms with van der Waals surface area (Å²) in [4.78, 5) is 13.1. The lowest BCUT2D eigenvalue weighted by atomic mass is 10.2. The number of amides is 1. The molecule has 0 aliphatic rings. The largest absolute Gasteiger partial charge is 0.495 e. The van der Waals surface area contributed by atoms with E-state index in [1.165, 1.54) is 25.5 Å². The van der Waals surface area contributed by atoms with Crippen molar-refractivity contribution in [2.24, 2.45) is 5.10 Å². The quantitative estimate of drug-likeness (QED) is 0.137. The lowest BCUT2D eigenvalue weighted by molar-refractivity contribution is -0.119. The van der Waals surface area contributed by atoms with Gasteiger partial charge in [-0.15, -0.1) is 0 Å². The van der Waals surface area contributed by atoms with Gasteiger partial charge in [-0.1, -0.05) is 47.5 Å². The third-order valence-corrected chi connectivity index (χ3v) is 8.46. The van der Waals surface area contributed by atoms with Crippen LogP contribution < -0.4 is 23.9 Å². The molecule has 11 heteroatoms. The Morgan fingerprint density at radius 2 is 1.64 bits per heavy atom. The summed E-state index contributed by atoms with van der Waals surface area (Å²) in [6.07, 6.45) is 1.44. The molecule has 230 valence electrons. The molecule has 0 unspecified atom stereocenters. The van der Waals surface area contributed by atoms with E-state index in [-0.39, 0.29) is 10.6 Å². The van der Waals surface area contributed by atoms with Crippen molar-refractivity contribution in [1.82, 2.24) is 5.43 Å². The number of hydrogen-bond donors (Lipinski definition) is 1. The monoisotopic (exact) mass is 635 g/mol. The minimum atomic E-state index is -4.13. The molecule has 1 amide bonds. The van der Waals surface area contributed by atoms with E-state index in [4.69, 9.17) is 25.8 Å². The highest BCUT2D eigenvalue weighted by molar-refractivity contribution is 7.92. The smallest absolute Gasteiger partial charge is 0.264 e. The minimum Gasteiger partial charge on any atom is -0.495 e. The van der Waals surface area contributed by atoms with Crippen molar-refractivity contribution in [2.75, 3.05) is 24.6 Å². The topological polar surface area (TPSA) is 107 Å². The van der Waals surface area contributed by atoms with Gasteiger partial charge in [-0.2, -0.15) is 5.10 Å². The van der Waals surface area contributed by atoms with Gasteiger partial charge in [-0.25, -0.2) is 13.8 Å². The second-order valence-electron chi connectivity index (χ2n) is 9.85. The summed E-state index contributed by atoms with van der Waals surface area (Å²) >= 11 is 6.07. The van der Waals surface area contributed by atoms with E-state index in [9.17, 15) is 13.2 Å². The standard InChI is InChI=1S/C33H34ClN3O6S/c1-5-42-32-19-25(12-16-31(32)43-22-26-7-6-8-27(34)18-26)20-35-36-33(38)21-37(29-17-24(3)11-15-30(29)41-4)44(39,40)28-13-9-23(2)10-14-28/h6-20H,5,21-22H2,1-4H3,(H,36,38)/b35-20-. The van der Waals surface area contributed by atoms with Gasteiger partial charge >= 0.3 is 0 Å². The maximum Gasteiger partial charge on any atom is 0.264 e. The maximum atomic E-state index is 13.8. The van der Waals surface area contributed by atoms with Crippen LogP contribution in [0.1, 0.15) is 29.2 Å². The van der Waals surface area contributed by atoms with Gasteiger partial charge in [0.25, 0.3) is 15.9 Å². The SMILES string of the molecule is CCOc1cc(/C=N\NC(=O)CN(c2cc(C)ccc2OC)S(=O)(=O)c2ccc(C)cc2)ccc1OCc1cccc(Cl)c1. The number of halogens is 1. The number of sulfonamides is 1. The van der Waals surface area contributed by atoms with Crippen LogP contribution in [0, 0.1) is 13.8 Å². The minimum absolute atomic E-state index is 0.0454. The van der Waals surface area contributed by atoms with E-state index in [1.807, 2.05) is 39.0 Å². The van der Waals surface area contributed by atoms with Gasteiger partial charge in [0.2, 0.25) is 0 Å². The number of aryl methyl sites for hydroxylation is 2. The summed E-state index contributed by atoms with van der Waals surface area (Å²) in [5.41, 5.74) is 5.92. The number of carbonyl (C=O) groups is 1. The Morgan fingerprint density at radius 1 is 0.909 bits per heavy atom. The van der Waals surface area contributed by atoms with Crippen molar-refractivity contribution in [1.29, 1.82) is 0 Å². The lowest BCUT2D eigenvalue weighted by Gasteiger charge is -2.25. The number of nitrogens with one attached hydrogen (secondary N) is 1. The number of hydrazone groups is 1. The highest BCUT2D eigenvalue weighted by atomic mass is 35.5. The molecule has 44 heavy (non-hydrogen) atoms. The first-order valence-electron chi connectivity index (χ1n) is 13.8. The fourth-order valence-electron chi connectivity index (χ4n) is 4.26. The molecule has 0 aromatic heterocycles. The van der Waals surface area contributed by atoms with Crippen LogP contribution in [0.25, 0.3) is 0 Å². The zero-order valence-corrected chi connectivity index (χ0v) is 26.5. The van der Waals surface area contributed by atoms with Crippen LogP contribution in [-0.4, -0.2) is 40.8 Å². The van der Waals surface area contributed by atoms with Crippen LogP contribution in [0.2, 0.25) is 5.02 Å². The Labute approximate surface area is 263 Å². The highest BCUT2D eigenvalue weighted by Crippen LogP contribution is 2.33. The first-order valence-corrected chi connectivity index (χ1v) is 15.6. The molecular weight excluding hydrogens is 602 g/mol. The zero-order valence-electron chi connectivity index (χ0n) is 24.9. The molecule has 0 bridgehead atoms. The van der Waals surface area contributed by atoms with Crippen molar-refractivity contribution < 1.29 is 27.4 Å². The number of nitrogens with zero attached hydrogens (tertiary/aromatic N) is 2. The average molecular weight is 636 g/mol. The van der Waals surface area contributed by atoms with Crippen molar-refractivity contribution in [3.63, 3.8) is 0 Å². The number of hydrogen-bond acceptors (Lipinski definition) is 7. The molecule has 4 aromatic carbocycles. The van der Waals surface area contributed by atoms with Gasteiger partial charge in [0.1, 0.15) is 18.9 Å². The third-order valence-electron chi connectivity index (χ3n) is 6.45. The molecule has 0 fully saturated rings. The molecule has 0 radical (unpaired) electrons. The predicted octanol–water partition coefficient (Wildman–Crippen LogP) is 6.29. The number of rotatable bonds is 13. The third kappa shape index (κ3) is 8.30. The van der Waals surface area contributed by atoms with E-state index >= 15 is 0 Å². The van der Waals surface area contributed by atoms with Gasteiger partial charge in [-0.3, -0.25) is 9.10 Å². The summed E-state index contributed by atoms with van der Waals surface area (Å²) in [5.74, 6) is 0.708. The Kier molecular flexibility index (Phi) is 10.9. The van der Waals surface area contributed by atoms with Crippen LogP contribution >= 0.6 is 11.6 Å². The number of anilines is 1. The summed E-state index contributed by atoms with van der Waals surface area (Å²) in [7, 11) is -2.69. The Morgan fingerprint density at radius 3 is 2.34 bits per heavy atom. The van der Waals surface area contributed by atoms with Crippen LogP contribution in [-0.2, 0) is 21.4 Å². The van der Waals surface area contributed by atoms with E-state index in [1.54, 1.807) is 54.6 Å². The first-order chi connectivity index (χ1) is 21.1. The van der Waals surface area contributed by atoms with Gasteiger partial charge in [0.15, 0.2) is 11.5 Å². The number of carbonyl (C=O) groups excluding carboxylic acids is 1. The molecule has 0 aliphatic heterocycles. The molecule has 0 atom stereocenters. The number of methoxy groups -OCH3 is 1. The van der Waals surface area contributed by atoms with Gasteiger partial charge in [0.05, 0.1) is 30.5 Å². The van der Waals surface area contributed by atoms with Crippen LogP contribution in [0.4, 0.5) is 5.69 Å². The van der Waals surface area contributed by atoms with Gasteiger partial charge in [-0.05, 0) is 92.1 Å². The second kappa shape index (κ2) is 14.8. The van der Waals surface area contributed by atoms with Crippen LogP contribution in [0.15, 0.2) is 94.9 Å². The Bertz CT molecular complexity index is 1740. The first kappa shape index (κ1) is 32.4. The lowest BCUT2D eigenvalue weighted by Crippen LogP contribution is -2.39. The summed E-state index contributed by atoms with van der Waals surface area (Å²) in [6, 6.07) is 24.2. The zero-order chi connectivity index (χ0) is 31.7. The molecule has 0 saturated carbocycles. The molecule has 0 heterocycles. The van der Waals surface area contributed by atoms with E-state index < -0.39 is 22.5 Å². The predicted molar refractivity (Wildman–Crippen MR) is 173 cm³/mol. The van der Waals surface area contributed by atoms with Gasteiger partial charge < -0.3 is 14.2 Å². The fourth-order valence-corrected chi connectivity index (χ4v) is 5.89. The summed E-state index contributed by atoms with van der Waals surface area (Å²) < 4.78 is 45.7. The number of benzene rings is 4. The fraction of sp³-hybridized carbons (Fsp3) is 0.212. The van der Waals surface area contributed by atoms with Crippen molar-refractivity contribution >= 4 is 39.4 Å². The average Bonchev–Trinajstić information content (AvgIpc) is 3.00. The highest BCUT2D eigenvalue weighted by Gasteiger charge is 2.29. The molecule has 4 aromatic rings. The van der Waals surface area contributed by atoms with Crippen molar-refractivity contribution in [2.45, 2.75) is 32.3 Å². The maximum absolute atomic E-state index is 13.8. The molecule has 0 aliphatic carbocycles. The Balaban J connectivity index is 1.52. The number of ether oxygens (including phenoxy) is 3. The molecule has 0 spiro atoms. The molecule has 9 nitrogen and oxygen atoms in total. The molecular formula is C33H34ClN3O6S. The van der Waals surface area contributed by atoms with Crippen LogP contribution in [0.5, 0.6) is 17.2 Å². The van der Waals surface area contributed by atoms with Crippen molar-refractivity contribution in [3.8, 4) is 17.2 Å². The summed E-state index contributed by atoms with van der Waals surface area (Å²) in [6.45, 7) is 5.74. The Hall–Kier alpha value is -4.54.